The van der Waals surface area contributed by atoms with Gasteiger partial charge < -0.3 is 10.1 Å². The van der Waals surface area contributed by atoms with Crippen molar-refractivity contribution in [1.82, 2.24) is 4.98 Å². The van der Waals surface area contributed by atoms with Crippen LogP contribution < -0.4 is 0 Å². The first-order valence-corrected chi connectivity index (χ1v) is 8.80. The smallest absolute Gasteiger partial charge is 0.330 e. The zero-order valence-corrected chi connectivity index (χ0v) is 14.7. The molecule has 7 heteroatoms. The predicted octanol–water partition coefficient (Wildman–Crippen LogP) is 3.56. The molecule has 0 aliphatic heterocycles. The molecule has 0 bridgehead atoms. The Kier molecular flexibility index (Phi) is 6.87. The first-order valence-electron chi connectivity index (χ1n) is 7.76. The fourth-order valence-electron chi connectivity index (χ4n) is 2.37. The normalized spacial score (nSPS) is 11.1. The van der Waals surface area contributed by atoms with Crippen molar-refractivity contribution >= 4 is 33.4 Å². The number of para-hydroxylation sites is 1. The third-order valence-electron chi connectivity index (χ3n) is 3.62. The van der Waals surface area contributed by atoms with E-state index in [0.717, 1.165) is 16.5 Å². The Balaban J connectivity index is 0.000000254. The van der Waals surface area contributed by atoms with Gasteiger partial charge in [0.2, 0.25) is 0 Å². The number of H-pyrrole nitrogens is 1. The molecule has 3 aromatic rings. The number of aliphatic carboxylic acids is 1. The third-order valence-corrected chi connectivity index (χ3v) is 4.05. The molecule has 0 amide bonds. The van der Waals surface area contributed by atoms with Crippen molar-refractivity contribution in [1.29, 1.82) is 0 Å². The molecule has 6 nitrogen and oxygen atoms in total. The largest absolute Gasteiger partial charge is 0.480 e. The van der Waals surface area contributed by atoms with E-state index in [-0.39, 0.29) is 6.42 Å². The van der Waals surface area contributed by atoms with Crippen LogP contribution >= 0.6 is 0 Å². The summed E-state index contributed by atoms with van der Waals surface area (Å²) in [4.78, 5) is 13.9. The van der Waals surface area contributed by atoms with Gasteiger partial charge in [0, 0.05) is 23.5 Å². The summed E-state index contributed by atoms with van der Waals surface area (Å²) in [5, 5.41) is 9.79. The number of hydrogen-bond acceptors (Lipinski definition) is 4. The van der Waals surface area contributed by atoms with E-state index in [1.165, 1.54) is 5.56 Å². The molecule has 0 spiro atoms. The van der Waals surface area contributed by atoms with Crippen LogP contribution in [-0.4, -0.2) is 30.5 Å². The van der Waals surface area contributed by atoms with E-state index in [4.69, 9.17) is 5.11 Å². The van der Waals surface area contributed by atoms with Gasteiger partial charge in [-0.15, -0.1) is 0 Å². The first kappa shape index (κ1) is 19.1. The fourth-order valence-corrected chi connectivity index (χ4v) is 2.74. The Bertz CT molecular complexity index is 1020. The number of benzene rings is 2. The topological polar surface area (TPSA) is 99.6 Å². The molecule has 1 aromatic heterocycles. The van der Waals surface area contributed by atoms with Gasteiger partial charge in [-0.25, -0.2) is 4.79 Å². The lowest BCUT2D eigenvalue weighted by Gasteiger charge is -2.03. The van der Waals surface area contributed by atoms with E-state index in [0.29, 0.717) is 0 Å². The van der Waals surface area contributed by atoms with Crippen molar-refractivity contribution in [3.63, 3.8) is 0 Å². The number of nitrogens with zero attached hydrogens (tertiary/aromatic N) is 1. The van der Waals surface area contributed by atoms with Crippen molar-refractivity contribution < 1.29 is 18.3 Å². The van der Waals surface area contributed by atoms with E-state index < -0.39 is 22.5 Å². The van der Waals surface area contributed by atoms with Gasteiger partial charge in [0.1, 0.15) is 0 Å². The number of carbonyl (C=O) groups is 1. The lowest BCUT2D eigenvalue weighted by Crippen LogP contribution is -2.20. The molecule has 0 radical (unpaired) electrons. The SMILES string of the molecule is C=Cc1ccccc1.O=C(O)C(Cc1c[nH]c2ccccc12)N=S(=O)=O. The zero-order valence-electron chi connectivity index (χ0n) is 13.9. The van der Waals surface area contributed by atoms with Crippen LogP contribution in [0.1, 0.15) is 11.1 Å². The standard InChI is InChI=1S/C11H10N2O4S.C8H8/c14-11(15)10(13-18(16)17)5-7-6-12-9-4-2-1-3-8(7)9;1-2-8-6-4-3-5-7-8/h1-4,6,10,12H,5H2,(H,14,15);2-7H,1H2. The lowest BCUT2D eigenvalue weighted by molar-refractivity contribution is -0.138. The summed E-state index contributed by atoms with van der Waals surface area (Å²) in [5.41, 5.74) is 2.78. The Morgan fingerprint density at radius 1 is 1.15 bits per heavy atom. The summed E-state index contributed by atoms with van der Waals surface area (Å²) >= 11 is 0. The summed E-state index contributed by atoms with van der Waals surface area (Å²) in [5.74, 6) is -1.26. The molecule has 0 fully saturated rings. The van der Waals surface area contributed by atoms with Crippen molar-refractivity contribution in [2.24, 2.45) is 4.36 Å². The number of rotatable bonds is 5. The minimum Gasteiger partial charge on any atom is -0.480 e. The highest BCUT2D eigenvalue weighted by Gasteiger charge is 2.19. The summed E-state index contributed by atoms with van der Waals surface area (Å²) in [6, 6.07) is 16.1. The van der Waals surface area contributed by atoms with Crippen LogP contribution in [0, 0.1) is 0 Å². The number of hydrogen-bond donors (Lipinski definition) is 2. The molecule has 1 unspecified atom stereocenters. The Hall–Kier alpha value is -3.19. The molecule has 0 aliphatic carbocycles. The van der Waals surface area contributed by atoms with Gasteiger partial charge >= 0.3 is 16.5 Å². The minimum atomic E-state index is -2.73. The summed E-state index contributed by atoms with van der Waals surface area (Å²) < 4.78 is 24.1. The molecule has 0 aliphatic rings. The van der Waals surface area contributed by atoms with Gasteiger partial charge in [-0.05, 0) is 17.2 Å². The quantitative estimate of drug-likeness (QED) is 0.717. The molecule has 0 saturated heterocycles. The monoisotopic (exact) mass is 370 g/mol. The number of carboxylic acids is 1. The number of fused-ring (bicyclic) bond motifs is 1. The van der Waals surface area contributed by atoms with Gasteiger partial charge in [0.25, 0.3) is 0 Å². The summed E-state index contributed by atoms with van der Waals surface area (Å²) in [6.07, 6.45) is 3.54. The van der Waals surface area contributed by atoms with Crippen molar-refractivity contribution in [2.75, 3.05) is 0 Å². The molecule has 2 N–H and O–H groups in total. The van der Waals surface area contributed by atoms with E-state index in [1.807, 2.05) is 60.7 Å². The molecule has 134 valence electrons. The molecule has 0 saturated carbocycles. The van der Waals surface area contributed by atoms with Crippen LogP contribution in [0.15, 0.2) is 71.7 Å². The zero-order chi connectivity index (χ0) is 18.9. The molecule has 3 rings (SSSR count). The van der Waals surface area contributed by atoms with Crippen molar-refractivity contribution in [3.8, 4) is 0 Å². The Labute approximate surface area is 152 Å². The maximum absolute atomic E-state index is 10.9. The molecule has 1 heterocycles. The van der Waals surface area contributed by atoms with Crippen LogP contribution in [0.4, 0.5) is 0 Å². The number of nitrogens with one attached hydrogen (secondary N) is 1. The maximum Gasteiger partial charge on any atom is 0.330 e. The van der Waals surface area contributed by atoms with Crippen molar-refractivity contribution in [2.45, 2.75) is 12.5 Å². The Morgan fingerprint density at radius 2 is 1.81 bits per heavy atom. The van der Waals surface area contributed by atoms with Crippen LogP contribution in [-0.2, 0) is 21.7 Å². The third kappa shape index (κ3) is 5.42. The second-order valence-electron chi connectivity index (χ2n) is 5.35. The molecule has 2 aromatic carbocycles. The summed E-state index contributed by atoms with van der Waals surface area (Å²) in [6.45, 7) is 3.63. The minimum absolute atomic E-state index is 0.0350. The highest BCUT2D eigenvalue weighted by Crippen LogP contribution is 2.19. The highest BCUT2D eigenvalue weighted by molar-refractivity contribution is 7.61. The fraction of sp³-hybridized carbons (Fsp3) is 0.105. The average Bonchev–Trinajstić information content (AvgIpc) is 3.05. The van der Waals surface area contributed by atoms with E-state index in [2.05, 4.69) is 15.9 Å². The molecular weight excluding hydrogens is 352 g/mol. The number of carboxylic acid groups (broad SMARTS) is 1. The van der Waals surface area contributed by atoms with E-state index >= 15 is 0 Å². The van der Waals surface area contributed by atoms with Gasteiger partial charge in [0.15, 0.2) is 6.04 Å². The van der Waals surface area contributed by atoms with Crippen LogP contribution in [0.25, 0.3) is 17.0 Å². The van der Waals surface area contributed by atoms with Gasteiger partial charge in [-0.3, -0.25) is 0 Å². The predicted molar refractivity (Wildman–Crippen MR) is 101 cm³/mol. The van der Waals surface area contributed by atoms with Crippen molar-refractivity contribution in [3.05, 3.63) is 78.5 Å². The average molecular weight is 370 g/mol. The number of aromatic amines is 1. The molecule has 1 atom stereocenters. The van der Waals surface area contributed by atoms with Crippen LogP contribution in [0.3, 0.4) is 0 Å². The first-order chi connectivity index (χ1) is 12.5. The van der Waals surface area contributed by atoms with Gasteiger partial charge in [-0.2, -0.15) is 12.8 Å². The molecular formula is C19H18N2O4S. The van der Waals surface area contributed by atoms with E-state index in [1.54, 1.807) is 6.20 Å². The molecule has 26 heavy (non-hydrogen) atoms. The van der Waals surface area contributed by atoms with Gasteiger partial charge in [-0.1, -0.05) is 61.2 Å². The number of aromatic nitrogens is 1. The Morgan fingerprint density at radius 3 is 2.38 bits per heavy atom. The highest BCUT2D eigenvalue weighted by atomic mass is 32.2. The van der Waals surface area contributed by atoms with Gasteiger partial charge in [0.05, 0.1) is 0 Å². The van der Waals surface area contributed by atoms with Crippen LogP contribution in [0.5, 0.6) is 0 Å². The van der Waals surface area contributed by atoms with E-state index in [9.17, 15) is 13.2 Å². The second kappa shape index (κ2) is 9.33. The summed E-state index contributed by atoms with van der Waals surface area (Å²) in [7, 11) is -2.73. The second-order valence-corrected chi connectivity index (χ2v) is 6.00. The van der Waals surface area contributed by atoms with Crippen LogP contribution in [0.2, 0.25) is 0 Å². The maximum atomic E-state index is 10.9. The lowest BCUT2D eigenvalue weighted by atomic mass is 10.1.